The van der Waals surface area contributed by atoms with Crippen LogP contribution in [0.1, 0.15) is 22.3 Å². The highest BCUT2D eigenvalue weighted by Gasteiger charge is 2.13. The van der Waals surface area contributed by atoms with Gasteiger partial charge in [0.15, 0.2) is 0 Å². The molecule has 0 radical (unpaired) electrons. The fraction of sp³-hybridized carbons (Fsp3) is 0.364. The molecule has 3 nitrogen and oxygen atoms in total. The molecule has 0 saturated carbocycles. The molecule has 1 unspecified atom stereocenters. The van der Waals surface area contributed by atoms with E-state index >= 15 is 0 Å². The van der Waals surface area contributed by atoms with Crippen LogP contribution < -0.4 is 5.32 Å². The standard InChI is InChI=1S/C11H14N2OS/c1-8-13-11(7-15-8)10(12-2)5-9-3-4-14-6-9/h3-4,6-7,10,12H,5H2,1-2H3. The van der Waals surface area contributed by atoms with Crippen molar-refractivity contribution in [1.29, 1.82) is 0 Å². The number of hydrogen-bond acceptors (Lipinski definition) is 4. The molecule has 4 heteroatoms. The normalized spacial score (nSPS) is 12.9. The van der Waals surface area contributed by atoms with Gasteiger partial charge in [0.1, 0.15) is 0 Å². The second-order valence-electron chi connectivity index (χ2n) is 3.47. The third kappa shape index (κ3) is 2.46. The number of thiazole rings is 1. The minimum atomic E-state index is 0.271. The van der Waals surface area contributed by atoms with Crippen molar-refractivity contribution in [3.63, 3.8) is 0 Å². The number of furan rings is 1. The van der Waals surface area contributed by atoms with Gasteiger partial charge in [-0.05, 0) is 32.0 Å². The van der Waals surface area contributed by atoms with E-state index in [2.05, 4.69) is 15.7 Å². The Labute approximate surface area is 93.2 Å². The lowest BCUT2D eigenvalue weighted by Crippen LogP contribution is -2.18. The van der Waals surface area contributed by atoms with Crippen LogP contribution in [0.25, 0.3) is 0 Å². The van der Waals surface area contributed by atoms with Gasteiger partial charge < -0.3 is 9.73 Å². The monoisotopic (exact) mass is 222 g/mol. The number of aromatic nitrogens is 1. The number of hydrogen-bond donors (Lipinski definition) is 1. The predicted molar refractivity (Wildman–Crippen MR) is 61.1 cm³/mol. The zero-order chi connectivity index (χ0) is 10.7. The lowest BCUT2D eigenvalue weighted by atomic mass is 10.1. The third-order valence-electron chi connectivity index (χ3n) is 2.36. The molecule has 0 aliphatic heterocycles. The van der Waals surface area contributed by atoms with Gasteiger partial charge in [0, 0.05) is 5.38 Å². The van der Waals surface area contributed by atoms with Crippen molar-refractivity contribution < 1.29 is 4.42 Å². The Morgan fingerprint density at radius 1 is 1.60 bits per heavy atom. The fourth-order valence-corrected chi connectivity index (χ4v) is 2.21. The molecule has 0 spiro atoms. The van der Waals surface area contributed by atoms with Gasteiger partial charge in [-0.1, -0.05) is 0 Å². The molecule has 0 saturated heterocycles. The summed E-state index contributed by atoms with van der Waals surface area (Å²) in [4.78, 5) is 4.49. The maximum atomic E-state index is 5.06. The lowest BCUT2D eigenvalue weighted by molar-refractivity contribution is 0.548. The highest BCUT2D eigenvalue weighted by atomic mass is 32.1. The van der Waals surface area contributed by atoms with Gasteiger partial charge in [-0.25, -0.2) is 4.98 Å². The molecule has 0 aromatic carbocycles. The van der Waals surface area contributed by atoms with E-state index < -0.39 is 0 Å². The minimum absolute atomic E-state index is 0.271. The van der Waals surface area contributed by atoms with Crippen LogP contribution in [-0.2, 0) is 6.42 Å². The lowest BCUT2D eigenvalue weighted by Gasteiger charge is -2.12. The molecule has 1 atom stereocenters. The van der Waals surface area contributed by atoms with Gasteiger partial charge in [0.25, 0.3) is 0 Å². The van der Waals surface area contributed by atoms with E-state index in [-0.39, 0.29) is 6.04 Å². The van der Waals surface area contributed by atoms with Crippen LogP contribution >= 0.6 is 11.3 Å². The Morgan fingerprint density at radius 3 is 3.00 bits per heavy atom. The van der Waals surface area contributed by atoms with Crippen LogP contribution in [0.3, 0.4) is 0 Å². The first kappa shape index (κ1) is 10.4. The van der Waals surface area contributed by atoms with Crippen molar-refractivity contribution in [3.8, 4) is 0 Å². The molecule has 2 heterocycles. The summed E-state index contributed by atoms with van der Waals surface area (Å²) in [6.45, 7) is 2.03. The number of likely N-dealkylation sites (N-methyl/N-ethyl adjacent to an activating group) is 1. The van der Waals surface area contributed by atoms with E-state index in [4.69, 9.17) is 4.42 Å². The summed E-state index contributed by atoms with van der Waals surface area (Å²) in [5.74, 6) is 0. The van der Waals surface area contributed by atoms with Gasteiger partial charge in [0.05, 0.1) is 29.3 Å². The molecule has 2 rings (SSSR count). The first-order chi connectivity index (χ1) is 7.29. The molecular weight excluding hydrogens is 208 g/mol. The fourth-order valence-electron chi connectivity index (χ4n) is 1.54. The Balaban J connectivity index is 2.11. The van der Waals surface area contributed by atoms with Gasteiger partial charge in [-0.3, -0.25) is 0 Å². The van der Waals surface area contributed by atoms with Crippen LogP contribution in [0, 0.1) is 6.92 Å². The Bertz CT molecular complexity index is 408. The van der Waals surface area contributed by atoms with E-state index in [0.717, 1.165) is 17.1 Å². The second-order valence-corrected chi connectivity index (χ2v) is 4.53. The molecule has 15 heavy (non-hydrogen) atoms. The van der Waals surface area contributed by atoms with Gasteiger partial charge in [-0.2, -0.15) is 0 Å². The highest BCUT2D eigenvalue weighted by molar-refractivity contribution is 7.09. The van der Waals surface area contributed by atoms with Crippen molar-refractivity contribution in [1.82, 2.24) is 10.3 Å². The number of nitrogens with zero attached hydrogens (tertiary/aromatic N) is 1. The SMILES string of the molecule is CNC(Cc1ccoc1)c1csc(C)n1. The average Bonchev–Trinajstić information content (AvgIpc) is 2.85. The van der Waals surface area contributed by atoms with E-state index in [1.165, 1.54) is 5.56 Å². The van der Waals surface area contributed by atoms with Gasteiger partial charge >= 0.3 is 0 Å². The molecule has 1 N–H and O–H groups in total. The largest absolute Gasteiger partial charge is 0.472 e. The van der Waals surface area contributed by atoms with E-state index in [1.807, 2.05) is 20.0 Å². The molecule has 2 aromatic rings. The maximum Gasteiger partial charge on any atom is 0.0935 e. The van der Waals surface area contributed by atoms with Gasteiger partial charge in [-0.15, -0.1) is 11.3 Å². The predicted octanol–water partition coefficient (Wildman–Crippen LogP) is 2.55. The average molecular weight is 222 g/mol. The first-order valence-corrected chi connectivity index (χ1v) is 5.78. The summed E-state index contributed by atoms with van der Waals surface area (Å²) in [6.07, 6.45) is 4.40. The molecule has 2 aromatic heterocycles. The molecular formula is C11H14N2OS. The number of rotatable bonds is 4. The van der Waals surface area contributed by atoms with Crippen LogP contribution in [0.5, 0.6) is 0 Å². The van der Waals surface area contributed by atoms with Crippen LogP contribution in [0.4, 0.5) is 0 Å². The third-order valence-corrected chi connectivity index (χ3v) is 3.15. The second kappa shape index (κ2) is 4.59. The Kier molecular flexibility index (Phi) is 3.18. The van der Waals surface area contributed by atoms with Crippen molar-refractivity contribution in [2.24, 2.45) is 0 Å². The molecule has 0 aliphatic rings. The first-order valence-electron chi connectivity index (χ1n) is 4.90. The summed E-state index contributed by atoms with van der Waals surface area (Å²) in [7, 11) is 1.96. The summed E-state index contributed by atoms with van der Waals surface area (Å²) in [6, 6.07) is 2.26. The molecule has 0 amide bonds. The maximum absolute atomic E-state index is 5.06. The summed E-state index contributed by atoms with van der Waals surface area (Å²) >= 11 is 1.69. The van der Waals surface area contributed by atoms with Gasteiger partial charge in [0.2, 0.25) is 0 Å². The summed E-state index contributed by atoms with van der Waals surface area (Å²) < 4.78 is 5.06. The molecule has 0 aliphatic carbocycles. The van der Waals surface area contributed by atoms with E-state index in [9.17, 15) is 0 Å². The topological polar surface area (TPSA) is 38.1 Å². The number of nitrogens with one attached hydrogen (secondary N) is 1. The van der Waals surface area contributed by atoms with Crippen LogP contribution in [0.2, 0.25) is 0 Å². The van der Waals surface area contributed by atoms with Crippen LogP contribution in [0.15, 0.2) is 28.4 Å². The Hall–Kier alpha value is -1.13. The molecule has 0 fully saturated rings. The van der Waals surface area contributed by atoms with Crippen molar-refractivity contribution in [3.05, 3.63) is 40.2 Å². The van der Waals surface area contributed by atoms with E-state index in [1.54, 1.807) is 23.9 Å². The number of aryl methyl sites for hydroxylation is 1. The van der Waals surface area contributed by atoms with E-state index in [0.29, 0.717) is 0 Å². The zero-order valence-electron chi connectivity index (χ0n) is 8.86. The summed E-state index contributed by atoms with van der Waals surface area (Å²) in [5, 5.41) is 6.49. The molecule has 0 bridgehead atoms. The minimum Gasteiger partial charge on any atom is -0.472 e. The van der Waals surface area contributed by atoms with Crippen molar-refractivity contribution in [2.45, 2.75) is 19.4 Å². The van der Waals surface area contributed by atoms with Crippen LogP contribution in [-0.4, -0.2) is 12.0 Å². The highest BCUT2D eigenvalue weighted by Crippen LogP contribution is 2.20. The van der Waals surface area contributed by atoms with Crippen molar-refractivity contribution >= 4 is 11.3 Å². The summed E-state index contributed by atoms with van der Waals surface area (Å²) in [5.41, 5.74) is 2.31. The quantitative estimate of drug-likeness (QED) is 0.864. The zero-order valence-corrected chi connectivity index (χ0v) is 9.67. The van der Waals surface area contributed by atoms with Crippen molar-refractivity contribution in [2.75, 3.05) is 7.05 Å². The molecule has 80 valence electrons. The Morgan fingerprint density at radius 2 is 2.47 bits per heavy atom. The smallest absolute Gasteiger partial charge is 0.0935 e.